The minimum absolute atomic E-state index is 0.0496. The maximum absolute atomic E-state index is 11.8. The molecule has 0 radical (unpaired) electrons. The number of sulfone groups is 1. The topological polar surface area (TPSA) is 93.4 Å². The number of amides is 1. The van der Waals surface area contributed by atoms with Crippen LogP contribution in [-0.2, 0) is 14.6 Å². The third-order valence-electron chi connectivity index (χ3n) is 3.72. The largest absolute Gasteiger partial charge is 0.326 e. The predicted octanol–water partition coefficient (Wildman–Crippen LogP) is 2.39. The van der Waals surface area contributed by atoms with Crippen LogP contribution in [0.4, 0.5) is 5.69 Å². The van der Waals surface area contributed by atoms with E-state index in [0.717, 1.165) is 17.5 Å². The molecule has 2 heterocycles. The van der Waals surface area contributed by atoms with Crippen LogP contribution in [0.1, 0.15) is 13.8 Å². The van der Waals surface area contributed by atoms with Crippen LogP contribution in [-0.4, -0.2) is 34.9 Å². The number of carbonyl (C=O) groups excluding carboxylic acids is 1. The Morgan fingerprint density at radius 3 is 2.44 bits per heavy atom. The van der Waals surface area contributed by atoms with Gasteiger partial charge in [0, 0.05) is 35.8 Å². The molecule has 0 spiro atoms. The van der Waals surface area contributed by atoms with E-state index in [-0.39, 0.29) is 22.5 Å². The molecule has 130 valence electrons. The Balaban J connectivity index is 1.99. The lowest BCUT2D eigenvalue weighted by molar-refractivity contribution is -0.118. The first kappa shape index (κ1) is 17.1. The van der Waals surface area contributed by atoms with Crippen molar-refractivity contribution in [2.45, 2.75) is 18.9 Å². The first-order valence-corrected chi connectivity index (χ1v) is 9.60. The van der Waals surface area contributed by atoms with Crippen molar-refractivity contribution >= 4 is 27.1 Å². The average molecular weight is 358 g/mol. The number of rotatable bonds is 4. The minimum atomic E-state index is -3.47. The van der Waals surface area contributed by atoms with Crippen LogP contribution in [0.5, 0.6) is 0 Å². The highest BCUT2D eigenvalue weighted by atomic mass is 32.2. The fourth-order valence-corrected chi connectivity index (χ4v) is 3.12. The van der Waals surface area contributed by atoms with E-state index < -0.39 is 9.84 Å². The van der Waals surface area contributed by atoms with Gasteiger partial charge in [-0.1, -0.05) is 26.0 Å². The van der Waals surface area contributed by atoms with Gasteiger partial charge >= 0.3 is 0 Å². The van der Waals surface area contributed by atoms with Gasteiger partial charge in [0.05, 0.1) is 11.9 Å². The first-order chi connectivity index (χ1) is 11.8. The third-order valence-corrected chi connectivity index (χ3v) is 4.71. The Morgan fingerprint density at radius 1 is 1.16 bits per heavy atom. The molecule has 7 nitrogen and oxygen atoms in total. The highest BCUT2D eigenvalue weighted by Crippen LogP contribution is 2.24. The maximum Gasteiger partial charge on any atom is 0.226 e. The van der Waals surface area contributed by atoms with Crippen LogP contribution >= 0.6 is 0 Å². The Hall–Kier alpha value is -2.74. The van der Waals surface area contributed by atoms with Gasteiger partial charge in [-0.15, -0.1) is 0 Å². The number of aromatic nitrogens is 3. The van der Waals surface area contributed by atoms with Crippen molar-refractivity contribution in [2.24, 2.45) is 5.92 Å². The molecule has 1 N–H and O–H groups in total. The van der Waals surface area contributed by atoms with Crippen molar-refractivity contribution in [3.05, 3.63) is 42.9 Å². The molecule has 3 rings (SSSR count). The van der Waals surface area contributed by atoms with E-state index in [4.69, 9.17) is 0 Å². The Labute approximate surface area is 145 Å². The van der Waals surface area contributed by atoms with E-state index in [9.17, 15) is 13.2 Å². The van der Waals surface area contributed by atoms with Crippen molar-refractivity contribution in [3.8, 4) is 11.3 Å². The second kappa shape index (κ2) is 6.29. The van der Waals surface area contributed by atoms with E-state index >= 15 is 0 Å². The molecule has 0 atom stereocenters. The van der Waals surface area contributed by atoms with Crippen LogP contribution in [0.25, 0.3) is 16.9 Å². The summed E-state index contributed by atoms with van der Waals surface area (Å²) in [5.74, 6) is -0.146. The second-order valence-corrected chi connectivity index (χ2v) is 7.99. The summed E-state index contributed by atoms with van der Waals surface area (Å²) in [6, 6.07) is 7.29. The van der Waals surface area contributed by atoms with Gasteiger partial charge in [0.25, 0.3) is 0 Å². The van der Waals surface area contributed by atoms with Crippen LogP contribution in [0.15, 0.2) is 47.9 Å². The molecular formula is C17H18N4O3S. The molecule has 0 aliphatic rings. The standard InChI is InChI=1S/C17H18N4O3S/c1-11(2)16(22)20-13-6-4-12(5-7-13)14-10-19-15-17(25(3,23)24)18-8-9-21(14)15/h4-11H,1-3H3,(H,20,22). The number of hydrogen-bond donors (Lipinski definition) is 1. The van der Waals surface area contributed by atoms with Crippen molar-refractivity contribution in [3.63, 3.8) is 0 Å². The summed E-state index contributed by atoms with van der Waals surface area (Å²) in [7, 11) is -3.47. The number of fused-ring (bicyclic) bond motifs is 1. The molecule has 1 amide bonds. The van der Waals surface area contributed by atoms with Crippen molar-refractivity contribution in [2.75, 3.05) is 11.6 Å². The average Bonchev–Trinajstić information content (AvgIpc) is 2.98. The first-order valence-electron chi connectivity index (χ1n) is 7.71. The molecule has 0 aliphatic heterocycles. The zero-order valence-electron chi connectivity index (χ0n) is 14.1. The van der Waals surface area contributed by atoms with Gasteiger partial charge in [-0.25, -0.2) is 18.4 Å². The molecule has 8 heteroatoms. The van der Waals surface area contributed by atoms with E-state index in [2.05, 4.69) is 15.3 Å². The van der Waals surface area contributed by atoms with Gasteiger partial charge in [-0.05, 0) is 12.1 Å². The summed E-state index contributed by atoms with van der Waals surface area (Å²) in [4.78, 5) is 19.9. The van der Waals surface area contributed by atoms with Crippen LogP contribution in [0.2, 0.25) is 0 Å². The van der Waals surface area contributed by atoms with Crippen LogP contribution in [0, 0.1) is 5.92 Å². The molecule has 2 aromatic heterocycles. The van der Waals surface area contributed by atoms with E-state index in [1.807, 2.05) is 26.0 Å². The number of anilines is 1. The molecule has 3 aromatic rings. The highest BCUT2D eigenvalue weighted by Gasteiger charge is 2.17. The van der Waals surface area contributed by atoms with Crippen LogP contribution < -0.4 is 5.32 Å². The molecular weight excluding hydrogens is 340 g/mol. The van der Waals surface area contributed by atoms with Gasteiger partial charge in [-0.3, -0.25) is 9.20 Å². The quantitative estimate of drug-likeness (QED) is 0.773. The predicted molar refractivity (Wildman–Crippen MR) is 95.0 cm³/mol. The fourth-order valence-electron chi connectivity index (χ4n) is 2.38. The third kappa shape index (κ3) is 3.39. The number of carbonyl (C=O) groups is 1. The van der Waals surface area contributed by atoms with Gasteiger partial charge in [0.15, 0.2) is 20.5 Å². The molecule has 0 aliphatic carbocycles. The summed E-state index contributed by atoms with van der Waals surface area (Å²) >= 11 is 0. The summed E-state index contributed by atoms with van der Waals surface area (Å²) in [6.45, 7) is 3.66. The zero-order valence-corrected chi connectivity index (χ0v) is 14.9. The van der Waals surface area contributed by atoms with Gasteiger partial charge in [0.1, 0.15) is 0 Å². The molecule has 1 aromatic carbocycles. The number of hydrogen-bond acceptors (Lipinski definition) is 5. The summed E-state index contributed by atoms with van der Waals surface area (Å²) in [5.41, 5.74) is 2.58. The lowest BCUT2D eigenvalue weighted by Crippen LogP contribution is -2.17. The van der Waals surface area contributed by atoms with Crippen molar-refractivity contribution < 1.29 is 13.2 Å². The fraction of sp³-hybridized carbons (Fsp3) is 0.235. The van der Waals surface area contributed by atoms with Crippen molar-refractivity contribution in [1.82, 2.24) is 14.4 Å². The molecule has 0 unspecified atom stereocenters. The SMILES string of the molecule is CC(C)C(=O)Nc1ccc(-c2cnc3c(S(C)(=O)=O)nccn23)cc1. The number of nitrogens with zero attached hydrogens (tertiary/aromatic N) is 3. The number of benzene rings is 1. The second-order valence-electron chi connectivity index (χ2n) is 6.06. The Kier molecular flexibility index (Phi) is 4.30. The normalized spacial score (nSPS) is 11.8. The zero-order chi connectivity index (χ0) is 18.2. The lowest BCUT2D eigenvalue weighted by Gasteiger charge is -2.08. The highest BCUT2D eigenvalue weighted by molar-refractivity contribution is 7.90. The lowest BCUT2D eigenvalue weighted by atomic mass is 10.1. The molecule has 25 heavy (non-hydrogen) atoms. The molecule has 0 saturated carbocycles. The minimum Gasteiger partial charge on any atom is -0.326 e. The van der Waals surface area contributed by atoms with E-state index in [1.54, 1.807) is 28.9 Å². The Bertz CT molecular complexity index is 1040. The molecule has 0 saturated heterocycles. The summed E-state index contributed by atoms with van der Waals surface area (Å²) in [5, 5.41) is 2.78. The van der Waals surface area contributed by atoms with Gasteiger partial charge in [-0.2, -0.15) is 0 Å². The number of nitrogens with one attached hydrogen (secondary N) is 1. The van der Waals surface area contributed by atoms with Crippen molar-refractivity contribution in [1.29, 1.82) is 0 Å². The Morgan fingerprint density at radius 2 is 1.84 bits per heavy atom. The number of imidazole rings is 1. The monoisotopic (exact) mass is 358 g/mol. The van der Waals surface area contributed by atoms with Gasteiger partial charge in [0.2, 0.25) is 5.91 Å². The molecule has 0 bridgehead atoms. The summed E-state index contributed by atoms with van der Waals surface area (Å²) in [6.07, 6.45) is 5.82. The van der Waals surface area contributed by atoms with Crippen LogP contribution in [0.3, 0.4) is 0 Å². The molecule has 0 fully saturated rings. The smallest absolute Gasteiger partial charge is 0.226 e. The van der Waals surface area contributed by atoms with Gasteiger partial charge < -0.3 is 5.32 Å². The summed E-state index contributed by atoms with van der Waals surface area (Å²) < 4.78 is 25.4. The van der Waals surface area contributed by atoms with E-state index in [1.165, 1.54) is 6.20 Å². The maximum atomic E-state index is 11.8. The van der Waals surface area contributed by atoms with E-state index in [0.29, 0.717) is 5.69 Å².